The molecule has 0 radical (unpaired) electrons. The predicted molar refractivity (Wildman–Crippen MR) is 90.5 cm³/mol. The van der Waals surface area contributed by atoms with Crippen molar-refractivity contribution >= 4 is 5.82 Å². The van der Waals surface area contributed by atoms with Gasteiger partial charge in [-0.05, 0) is 25.7 Å². The number of nitrogens with two attached hydrogens (primary N) is 1. The Morgan fingerprint density at radius 3 is 2.62 bits per heavy atom. The van der Waals surface area contributed by atoms with Crippen molar-refractivity contribution in [2.24, 2.45) is 0 Å². The molecule has 1 aromatic rings. The molecule has 1 aliphatic carbocycles. The van der Waals surface area contributed by atoms with E-state index in [0.29, 0.717) is 5.92 Å². The number of nitrogen functional groups attached to an aromatic ring is 1. The highest BCUT2D eigenvalue weighted by atomic mass is 15.1. The monoisotopic (exact) mass is 289 g/mol. The van der Waals surface area contributed by atoms with Crippen LogP contribution in [0.1, 0.15) is 82.1 Å². The summed E-state index contributed by atoms with van der Waals surface area (Å²) in [6, 6.07) is 0. The molecule has 0 saturated heterocycles. The lowest BCUT2D eigenvalue weighted by Crippen LogP contribution is -2.08. The normalized spacial score (nSPS) is 15.7. The van der Waals surface area contributed by atoms with Gasteiger partial charge in [0.25, 0.3) is 0 Å². The Bertz CT molecular complexity index is 442. The zero-order valence-electron chi connectivity index (χ0n) is 13.6. The van der Waals surface area contributed by atoms with E-state index >= 15 is 0 Å². The lowest BCUT2D eigenvalue weighted by Gasteiger charge is -2.11. The molecule has 0 atom stereocenters. The number of hydrogen-bond donors (Lipinski definition) is 1. The third-order valence-electron chi connectivity index (χ3n) is 4.66. The first-order valence-corrected chi connectivity index (χ1v) is 8.73. The molecule has 0 aliphatic heterocycles. The van der Waals surface area contributed by atoms with E-state index in [1.165, 1.54) is 63.6 Å². The largest absolute Gasteiger partial charge is 0.384 e. The summed E-state index contributed by atoms with van der Waals surface area (Å²) in [5.74, 6) is 2.71. The number of anilines is 1. The maximum absolute atomic E-state index is 6.35. The summed E-state index contributed by atoms with van der Waals surface area (Å²) in [5.41, 5.74) is 7.47. The summed E-state index contributed by atoms with van der Waals surface area (Å²) in [7, 11) is 0. The fourth-order valence-electron chi connectivity index (χ4n) is 3.43. The number of hydrogen-bond acceptors (Lipinski definition) is 2. The fraction of sp³-hybridized carbons (Fsp3) is 0.722. The van der Waals surface area contributed by atoms with Gasteiger partial charge in [0.15, 0.2) is 0 Å². The SMILES string of the molecule is C=CCn1c(C2CCCC2)nc(CCCCCCC)c1N. The summed E-state index contributed by atoms with van der Waals surface area (Å²) in [6.07, 6.45) is 14.6. The molecule has 1 saturated carbocycles. The number of rotatable bonds is 9. The predicted octanol–water partition coefficient (Wildman–Crippen LogP) is 4.82. The average Bonchev–Trinajstić information content (AvgIpc) is 3.10. The maximum atomic E-state index is 6.35. The minimum atomic E-state index is 0.612. The van der Waals surface area contributed by atoms with Gasteiger partial charge in [-0.2, -0.15) is 0 Å². The molecular weight excluding hydrogens is 258 g/mol. The lowest BCUT2D eigenvalue weighted by atomic mass is 10.1. The molecule has 0 bridgehead atoms. The summed E-state index contributed by atoms with van der Waals surface area (Å²) >= 11 is 0. The van der Waals surface area contributed by atoms with Crippen molar-refractivity contribution in [2.75, 3.05) is 5.73 Å². The quantitative estimate of drug-likeness (QED) is 0.523. The Balaban J connectivity index is 2.03. The van der Waals surface area contributed by atoms with Gasteiger partial charge in [-0.1, -0.05) is 51.5 Å². The van der Waals surface area contributed by atoms with Crippen molar-refractivity contribution in [2.45, 2.75) is 83.6 Å². The smallest absolute Gasteiger partial charge is 0.127 e. The van der Waals surface area contributed by atoms with Gasteiger partial charge in [-0.15, -0.1) is 6.58 Å². The van der Waals surface area contributed by atoms with Gasteiger partial charge >= 0.3 is 0 Å². The first-order valence-electron chi connectivity index (χ1n) is 8.73. The van der Waals surface area contributed by atoms with Crippen LogP contribution in [0.3, 0.4) is 0 Å². The van der Waals surface area contributed by atoms with Crippen LogP contribution in [0.4, 0.5) is 5.82 Å². The first kappa shape index (κ1) is 16.1. The molecule has 1 fully saturated rings. The molecular formula is C18H31N3. The van der Waals surface area contributed by atoms with Crippen molar-refractivity contribution in [3.05, 3.63) is 24.2 Å². The zero-order chi connectivity index (χ0) is 15.1. The van der Waals surface area contributed by atoms with Crippen LogP contribution in [0.5, 0.6) is 0 Å². The van der Waals surface area contributed by atoms with E-state index in [1.54, 1.807) is 0 Å². The molecule has 0 unspecified atom stereocenters. The van der Waals surface area contributed by atoms with Crippen LogP contribution in [0.15, 0.2) is 12.7 Å². The molecule has 118 valence electrons. The van der Waals surface area contributed by atoms with Crippen LogP contribution < -0.4 is 5.73 Å². The van der Waals surface area contributed by atoms with Crippen LogP contribution in [-0.2, 0) is 13.0 Å². The third-order valence-corrected chi connectivity index (χ3v) is 4.66. The number of aromatic nitrogens is 2. The van der Waals surface area contributed by atoms with E-state index < -0.39 is 0 Å². The number of unbranched alkanes of at least 4 members (excludes halogenated alkanes) is 4. The van der Waals surface area contributed by atoms with Gasteiger partial charge < -0.3 is 10.3 Å². The van der Waals surface area contributed by atoms with E-state index in [-0.39, 0.29) is 0 Å². The van der Waals surface area contributed by atoms with Gasteiger partial charge in [0.2, 0.25) is 0 Å². The molecule has 0 spiro atoms. The summed E-state index contributed by atoms with van der Waals surface area (Å²) in [4.78, 5) is 4.92. The second kappa shape index (κ2) is 8.26. The third kappa shape index (κ3) is 4.12. The maximum Gasteiger partial charge on any atom is 0.127 e. The molecule has 1 aromatic heterocycles. The average molecular weight is 289 g/mol. The van der Waals surface area contributed by atoms with Gasteiger partial charge in [0.1, 0.15) is 11.6 Å². The summed E-state index contributed by atoms with van der Waals surface area (Å²) < 4.78 is 2.20. The highest BCUT2D eigenvalue weighted by Crippen LogP contribution is 2.35. The van der Waals surface area contributed by atoms with Gasteiger partial charge in [0, 0.05) is 12.5 Å². The molecule has 2 rings (SSSR count). The molecule has 1 aliphatic rings. The Hall–Kier alpha value is -1.25. The number of nitrogens with zero attached hydrogens (tertiary/aromatic N) is 2. The standard InChI is InChI=1S/C18H31N3/c1-3-5-6-7-8-13-16-17(19)21(14-4-2)18(20-16)15-11-9-10-12-15/h4,15H,2-3,5-14,19H2,1H3. The van der Waals surface area contributed by atoms with E-state index in [9.17, 15) is 0 Å². The molecule has 0 aromatic carbocycles. The number of imidazole rings is 1. The van der Waals surface area contributed by atoms with Crippen LogP contribution in [0.25, 0.3) is 0 Å². The molecule has 3 heteroatoms. The van der Waals surface area contributed by atoms with Crippen LogP contribution >= 0.6 is 0 Å². The number of allylic oxidation sites excluding steroid dienone is 1. The van der Waals surface area contributed by atoms with Gasteiger partial charge in [0.05, 0.1) is 5.69 Å². The molecule has 2 N–H and O–H groups in total. The first-order chi connectivity index (χ1) is 10.3. The van der Waals surface area contributed by atoms with Crippen molar-refractivity contribution in [3.8, 4) is 0 Å². The second-order valence-corrected chi connectivity index (χ2v) is 6.35. The minimum absolute atomic E-state index is 0.612. The van der Waals surface area contributed by atoms with Crippen LogP contribution in [-0.4, -0.2) is 9.55 Å². The van der Waals surface area contributed by atoms with Crippen molar-refractivity contribution < 1.29 is 0 Å². The Morgan fingerprint density at radius 1 is 1.24 bits per heavy atom. The van der Waals surface area contributed by atoms with E-state index in [4.69, 9.17) is 10.7 Å². The molecule has 3 nitrogen and oxygen atoms in total. The van der Waals surface area contributed by atoms with E-state index in [2.05, 4.69) is 18.1 Å². The Labute approximate surface area is 129 Å². The van der Waals surface area contributed by atoms with Crippen LogP contribution in [0, 0.1) is 0 Å². The van der Waals surface area contributed by atoms with Crippen LogP contribution in [0.2, 0.25) is 0 Å². The summed E-state index contributed by atoms with van der Waals surface area (Å²) in [5, 5.41) is 0. The summed E-state index contributed by atoms with van der Waals surface area (Å²) in [6.45, 7) is 6.91. The highest BCUT2D eigenvalue weighted by Gasteiger charge is 2.24. The van der Waals surface area contributed by atoms with E-state index in [0.717, 1.165) is 24.5 Å². The molecule has 0 amide bonds. The topological polar surface area (TPSA) is 43.8 Å². The van der Waals surface area contributed by atoms with E-state index in [1.807, 2.05) is 6.08 Å². The van der Waals surface area contributed by atoms with Gasteiger partial charge in [-0.25, -0.2) is 4.98 Å². The van der Waals surface area contributed by atoms with Crippen molar-refractivity contribution in [3.63, 3.8) is 0 Å². The lowest BCUT2D eigenvalue weighted by molar-refractivity contribution is 0.614. The van der Waals surface area contributed by atoms with Crippen molar-refractivity contribution in [1.29, 1.82) is 0 Å². The molecule has 1 heterocycles. The second-order valence-electron chi connectivity index (χ2n) is 6.35. The van der Waals surface area contributed by atoms with Crippen molar-refractivity contribution in [1.82, 2.24) is 9.55 Å². The van der Waals surface area contributed by atoms with Gasteiger partial charge in [-0.3, -0.25) is 0 Å². The Kier molecular flexibility index (Phi) is 6.34. The Morgan fingerprint density at radius 2 is 1.95 bits per heavy atom. The number of aryl methyl sites for hydroxylation is 1. The highest BCUT2D eigenvalue weighted by molar-refractivity contribution is 5.39. The minimum Gasteiger partial charge on any atom is -0.384 e. The molecule has 21 heavy (non-hydrogen) atoms. The zero-order valence-corrected chi connectivity index (χ0v) is 13.6. The fourth-order valence-corrected chi connectivity index (χ4v) is 3.43.